The normalized spacial score (nSPS) is 18.8. The number of aliphatic hydroxyl groups excluding tert-OH is 1. The van der Waals surface area contributed by atoms with Gasteiger partial charge in [-0.15, -0.1) is 0 Å². The minimum Gasteiger partial charge on any atom is -0.393 e. The van der Waals surface area contributed by atoms with E-state index in [1.807, 2.05) is 0 Å². The minimum atomic E-state index is -4.39. The summed E-state index contributed by atoms with van der Waals surface area (Å²) in [6.45, 7) is -1.21. The number of pyridine rings is 1. The van der Waals surface area contributed by atoms with Crippen molar-refractivity contribution in [3.8, 4) is 23.2 Å². The van der Waals surface area contributed by atoms with Gasteiger partial charge in [0.15, 0.2) is 5.82 Å². The number of anilines is 3. The smallest absolute Gasteiger partial charge is 0.393 e. The number of aromatic nitrogens is 7. The van der Waals surface area contributed by atoms with Gasteiger partial charge in [-0.2, -0.15) is 27.5 Å². The molecule has 2 atom stereocenters. The third-order valence-corrected chi connectivity index (χ3v) is 9.20. The van der Waals surface area contributed by atoms with Gasteiger partial charge in [0.25, 0.3) is 10.0 Å². The van der Waals surface area contributed by atoms with Gasteiger partial charge in [-0.3, -0.25) is 4.68 Å². The molecule has 0 amide bonds. The molecule has 4 aromatic heterocycles. The summed E-state index contributed by atoms with van der Waals surface area (Å²) >= 11 is 0. The lowest BCUT2D eigenvalue weighted by atomic mass is 9.92. The highest BCUT2D eigenvalue weighted by molar-refractivity contribution is 7.90. The molecule has 0 unspecified atom stereocenters. The second-order valence-electron chi connectivity index (χ2n) is 10.8. The summed E-state index contributed by atoms with van der Waals surface area (Å²) in [7, 11) is -3.52. The third-order valence-electron chi connectivity index (χ3n) is 7.16. The number of nitrogens with one attached hydrogen (secondary N) is 2. The Bertz CT molecular complexity index is 1820. The largest absolute Gasteiger partial charge is 0.408 e. The predicted octanol–water partition coefficient (Wildman–Crippen LogP) is 3.69. The molecule has 0 aliphatic heterocycles. The highest BCUT2D eigenvalue weighted by Crippen LogP contribution is 2.31. The number of nitrogens with zero attached hydrogens (tertiary/aromatic N) is 7. The minimum absolute atomic E-state index is 0.0156. The van der Waals surface area contributed by atoms with Crippen molar-refractivity contribution in [3.05, 3.63) is 60.4 Å². The lowest BCUT2D eigenvalue weighted by Gasteiger charge is -2.28. The van der Waals surface area contributed by atoms with Crippen LogP contribution in [0.4, 0.5) is 30.5 Å². The molecule has 2 aliphatic carbocycles. The molecule has 0 bridgehead atoms. The Labute approximate surface area is 250 Å². The Balaban J connectivity index is 1.24. The molecule has 44 heavy (non-hydrogen) atoms. The van der Waals surface area contributed by atoms with Crippen molar-refractivity contribution in [1.82, 2.24) is 33.9 Å². The summed E-state index contributed by atoms with van der Waals surface area (Å²) in [5, 5.41) is 24.1. The van der Waals surface area contributed by atoms with Gasteiger partial charge in [0.2, 0.25) is 0 Å². The fourth-order valence-electron chi connectivity index (χ4n) is 4.87. The zero-order valence-corrected chi connectivity index (χ0v) is 24.1. The molecule has 4 heterocycles. The summed E-state index contributed by atoms with van der Waals surface area (Å²) in [6.07, 6.45) is 7.78. The zero-order valence-electron chi connectivity index (χ0n) is 23.2. The molecule has 0 aromatic carbocycles. The molecule has 6 rings (SSSR count). The molecule has 230 valence electrons. The number of hydrogen-bond donors (Lipinski definition) is 3. The van der Waals surface area contributed by atoms with E-state index in [-0.39, 0.29) is 11.9 Å². The summed E-state index contributed by atoms with van der Waals surface area (Å²) in [5.41, 5.74) is 1.88. The molecule has 2 aliphatic rings. The highest BCUT2D eigenvalue weighted by atomic mass is 32.2. The number of aliphatic hydroxyl groups is 1. The Hall–Kier alpha value is -4.49. The first-order valence-electron chi connectivity index (χ1n) is 14.0. The molecule has 2 fully saturated rings. The van der Waals surface area contributed by atoms with Crippen molar-refractivity contribution >= 4 is 27.3 Å². The van der Waals surface area contributed by atoms with Crippen molar-refractivity contribution in [2.75, 3.05) is 10.6 Å². The first-order valence-corrected chi connectivity index (χ1v) is 15.5. The maximum Gasteiger partial charge on any atom is 0.408 e. The molecule has 3 N–H and O–H groups in total. The topological polar surface area (TPSA) is 153 Å². The van der Waals surface area contributed by atoms with E-state index >= 15 is 0 Å². The lowest BCUT2D eigenvalue weighted by molar-refractivity contribution is -0.142. The van der Waals surface area contributed by atoms with E-state index in [0.29, 0.717) is 53.3 Å². The molecule has 0 radical (unpaired) electrons. The van der Waals surface area contributed by atoms with E-state index in [4.69, 9.17) is 0 Å². The van der Waals surface area contributed by atoms with Crippen LogP contribution in [0.5, 0.6) is 0 Å². The maximum absolute atomic E-state index is 12.7. The van der Waals surface area contributed by atoms with Gasteiger partial charge in [-0.1, -0.05) is 11.8 Å². The summed E-state index contributed by atoms with van der Waals surface area (Å²) in [4.78, 5) is 13.2. The average molecular weight is 628 g/mol. The fourth-order valence-corrected chi connectivity index (χ4v) is 6.35. The number of hydrogen-bond acceptors (Lipinski definition) is 10. The summed E-state index contributed by atoms with van der Waals surface area (Å²) in [6, 6.07) is 3.35. The van der Waals surface area contributed by atoms with Crippen LogP contribution in [0, 0.1) is 11.8 Å². The van der Waals surface area contributed by atoms with Gasteiger partial charge in [-0.05, 0) is 44.6 Å². The van der Waals surface area contributed by atoms with Gasteiger partial charge in [-0.25, -0.2) is 23.4 Å². The zero-order chi connectivity index (χ0) is 30.9. The fraction of sp³-hybridized carbons (Fsp3) is 0.393. The van der Waals surface area contributed by atoms with Gasteiger partial charge in [0.05, 0.1) is 52.3 Å². The second kappa shape index (κ2) is 11.9. The van der Waals surface area contributed by atoms with Crippen LogP contribution < -0.4 is 10.6 Å². The van der Waals surface area contributed by atoms with Crippen LogP contribution in [-0.4, -0.2) is 71.0 Å². The van der Waals surface area contributed by atoms with Gasteiger partial charge in [0.1, 0.15) is 18.2 Å². The van der Waals surface area contributed by atoms with Crippen molar-refractivity contribution in [1.29, 1.82) is 0 Å². The Morgan fingerprint density at radius 2 is 1.86 bits per heavy atom. The molecular formula is C28H28F3N9O3S. The predicted molar refractivity (Wildman–Crippen MR) is 154 cm³/mol. The van der Waals surface area contributed by atoms with Gasteiger partial charge < -0.3 is 15.7 Å². The van der Waals surface area contributed by atoms with E-state index in [0.717, 1.165) is 28.0 Å². The Morgan fingerprint density at radius 3 is 2.64 bits per heavy atom. The molecule has 4 aromatic rings. The molecule has 12 nitrogen and oxygen atoms in total. The highest BCUT2D eigenvalue weighted by Gasteiger charge is 2.37. The standard InChI is InChI=1S/C28H28F3N9O3S/c29-28(30,31)17-39-15-18(12-34-39)4-5-19-13-33-26(11-24(19)36-21-2-1-3-22(41)10-21)37-25-8-9-32-27(38-25)20-14-35-40(16-20)44(42,43)23-6-7-23/h8-9,11-16,21-23,41H,1-3,6-7,10,17H2,(H2,32,33,36,37,38)/t21-,22-/m0/s1. The van der Waals surface area contributed by atoms with Crippen LogP contribution in [-0.2, 0) is 16.6 Å². The van der Waals surface area contributed by atoms with E-state index in [1.165, 1.54) is 37.2 Å². The first kappa shape index (κ1) is 29.6. The van der Waals surface area contributed by atoms with Crippen LogP contribution in [0.25, 0.3) is 11.4 Å². The van der Waals surface area contributed by atoms with E-state index in [2.05, 4.69) is 47.6 Å². The molecule has 16 heteroatoms. The molecular weight excluding hydrogens is 599 g/mol. The quantitative estimate of drug-likeness (QED) is 0.247. The van der Waals surface area contributed by atoms with Crippen LogP contribution in [0.3, 0.4) is 0 Å². The van der Waals surface area contributed by atoms with Crippen molar-refractivity contribution in [3.63, 3.8) is 0 Å². The summed E-state index contributed by atoms with van der Waals surface area (Å²) < 4.78 is 64.9. The van der Waals surface area contributed by atoms with E-state index in [1.54, 1.807) is 12.1 Å². The number of halogens is 3. The number of rotatable bonds is 8. The third kappa shape index (κ3) is 7.17. The second-order valence-corrected chi connectivity index (χ2v) is 12.9. The Kier molecular flexibility index (Phi) is 7.99. The Morgan fingerprint density at radius 1 is 1.02 bits per heavy atom. The van der Waals surface area contributed by atoms with Crippen LogP contribution in [0.2, 0.25) is 0 Å². The summed E-state index contributed by atoms with van der Waals surface area (Å²) in [5.74, 6) is 6.91. The molecule has 0 spiro atoms. The van der Waals surface area contributed by atoms with Crippen LogP contribution in [0.1, 0.15) is 49.7 Å². The maximum atomic E-state index is 12.7. The van der Waals surface area contributed by atoms with Crippen molar-refractivity contribution in [2.45, 2.75) is 68.6 Å². The first-order chi connectivity index (χ1) is 21.0. The average Bonchev–Trinajstić information content (AvgIpc) is 3.55. The van der Waals surface area contributed by atoms with E-state index in [9.17, 15) is 26.7 Å². The van der Waals surface area contributed by atoms with Crippen molar-refractivity contribution in [2.24, 2.45) is 0 Å². The molecule has 0 saturated heterocycles. The monoisotopic (exact) mass is 627 g/mol. The van der Waals surface area contributed by atoms with Crippen molar-refractivity contribution < 1.29 is 26.7 Å². The lowest BCUT2D eigenvalue weighted by Crippen LogP contribution is -2.30. The van der Waals surface area contributed by atoms with Crippen LogP contribution >= 0.6 is 0 Å². The van der Waals surface area contributed by atoms with Gasteiger partial charge in [0, 0.05) is 30.7 Å². The SMILES string of the molecule is O=S(=O)(C1CC1)n1cc(-c2nccc(Nc3cc(N[C@H]4CCC[C@H](O)C4)c(C#Cc4cnn(CC(F)(F)F)c4)cn3)n2)cn1. The number of alkyl halides is 3. The van der Waals surface area contributed by atoms with Gasteiger partial charge >= 0.3 is 6.18 Å². The van der Waals surface area contributed by atoms with Crippen LogP contribution in [0.15, 0.2) is 49.3 Å². The van der Waals surface area contributed by atoms with E-state index < -0.39 is 34.1 Å². The molecule has 2 saturated carbocycles.